The predicted molar refractivity (Wildman–Crippen MR) is 95.9 cm³/mol. The Morgan fingerprint density at radius 2 is 2.12 bits per heavy atom. The van der Waals surface area contributed by atoms with E-state index in [0.29, 0.717) is 12.4 Å². The maximum absolute atomic E-state index is 12.7. The minimum atomic E-state index is -0.809. The lowest BCUT2D eigenvalue weighted by molar-refractivity contribution is -0.385. The zero-order valence-electron chi connectivity index (χ0n) is 16.0. The van der Waals surface area contributed by atoms with Gasteiger partial charge in [0.25, 0.3) is 5.69 Å². The van der Waals surface area contributed by atoms with Gasteiger partial charge in [0.1, 0.15) is 23.3 Å². The van der Waals surface area contributed by atoms with Crippen LogP contribution < -0.4 is 5.32 Å². The topological polar surface area (TPSA) is 107 Å². The highest BCUT2D eigenvalue weighted by atomic mass is 16.6. The summed E-state index contributed by atoms with van der Waals surface area (Å²) in [5.74, 6) is 0.483. The molecule has 9 nitrogen and oxygen atoms in total. The number of aromatic nitrogens is 1. The summed E-state index contributed by atoms with van der Waals surface area (Å²) in [6.45, 7) is 11.3. The number of hydrogen-bond donors (Lipinski definition) is 1. The van der Waals surface area contributed by atoms with E-state index in [1.165, 1.54) is 18.3 Å². The van der Waals surface area contributed by atoms with Crippen LogP contribution in [0.15, 0.2) is 18.3 Å². The number of pyridine rings is 1. The molecule has 2 heterocycles. The lowest BCUT2D eigenvalue weighted by Crippen LogP contribution is -2.52. The Morgan fingerprint density at radius 1 is 1.46 bits per heavy atom. The Balaban J connectivity index is 2.11. The van der Waals surface area contributed by atoms with Gasteiger partial charge in [0.15, 0.2) is 0 Å². The summed E-state index contributed by atoms with van der Waals surface area (Å²) in [6.07, 6.45) is 0.519. The molecule has 0 bridgehead atoms. The normalized spacial score (nSPS) is 22.2. The molecule has 0 radical (unpaired) electrons. The molecule has 1 aromatic rings. The fourth-order valence-electron chi connectivity index (χ4n) is 2.93. The number of nitrogens with one attached hydrogen (secondary N) is 1. The molecule has 1 N–H and O–H groups in total. The molecule has 9 heteroatoms. The summed E-state index contributed by atoms with van der Waals surface area (Å²) in [4.78, 5) is 28.5. The zero-order valence-corrected chi connectivity index (χ0v) is 16.0. The quantitative estimate of drug-likeness (QED) is 0.644. The van der Waals surface area contributed by atoms with Gasteiger partial charge in [0, 0.05) is 12.6 Å². The van der Waals surface area contributed by atoms with Crippen molar-refractivity contribution in [2.75, 3.05) is 11.9 Å². The minimum absolute atomic E-state index is 0.0790. The molecular formula is C17H26N4O5. The second kappa shape index (κ2) is 7.06. The van der Waals surface area contributed by atoms with Crippen LogP contribution in [0.4, 0.5) is 16.3 Å². The Bertz CT molecular complexity index is 669. The second-order valence-electron chi connectivity index (χ2n) is 7.73. The monoisotopic (exact) mass is 366 g/mol. The van der Waals surface area contributed by atoms with Gasteiger partial charge in [-0.25, -0.2) is 9.78 Å². The first-order valence-electron chi connectivity index (χ1n) is 8.45. The van der Waals surface area contributed by atoms with Crippen molar-refractivity contribution in [1.82, 2.24) is 9.88 Å². The van der Waals surface area contributed by atoms with Gasteiger partial charge < -0.3 is 14.8 Å². The largest absolute Gasteiger partial charge is 0.444 e. The molecule has 1 amide bonds. The molecule has 0 spiro atoms. The molecule has 26 heavy (non-hydrogen) atoms. The first-order chi connectivity index (χ1) is 11.9. The van der Waals surface area contributed by atoms with Crippen LogP contribution in [0.1, 0.15) is 41.5 Å². The maximum Gasteiger partial charge on any atom is 0.412 e. The van der Waals surface area contributed by atoms with Gasteiger partial charge >= 0.3 is 6.09 Å². The molecular weight excluding hydrogens is 340 g/mol. The standard InChI is InChI=1S/C17H26N4O5/c1-11-13(10-19-14-8-7-12(9-18-14)21(23)24)20(17(5,6)25-11)15(22)26-16(2,3)4/h7-9,11,13H,10H2,1-6H3,(H,18,19)/t11-,13+/m0/s1. The highest BCUT2D eigenvalue weighted by molar-refractivity contribution is 5.70. The van der Waals surface area contributed by atoms with E-state index in [2.05, 4.69) is 10.3 Å². The van der Waals surface area contributed by atoms with Crippen LogP contribution in [0.25, 0.3) is 0 Å². The third-order valence-electron chi connectivity index (χ3n) is 3.97. The van der Waals surface area contributed by atoms with Crippen LogP contribution >= 0.6 is 0 Å². The summed E-state index contributed by atoms with van der Waals surface area (Å²) in [5.41, 5.74) is -1.50. The number of rotatable bonds is 4. The van der Waals surface area contributed by atoms with Gasteiger partial charge in [0.2, 0.25) is 0 Å². The molecule has 1 aliphatic rings. The van der Waals surface area contributed by atoms with Crippen molar-refractivity contribution in [2.24, 2.45) is 0 Å². The van der Waals surface area contributed by atoms with Gasteiger partial charge in [-0.3, -0.25) is 15.0 Å². The fourth-order valence-corrected chi connectivity index (χ4v) is 2.93. The average Bonchev–Trinajstić information content (AvgIpc) is 2.72. The minimum Gasteiger partial charge on any atom is -0.444 e. The highest BCUT2D eigenvalue weighted by Crippen LogP contribution is 2.33. The van der Waals surface area contributed by atoms with Gasteiger partial charge in [-0.15, -0.1) is 0 Å². The smallest absolute Gasteiger partial charge is 0.412 e. The maximum atomic E-state index is 12.7. The van der Waals surface area contributed by atoms with Gasteiger partial charge in [-0.2, -0.15) is 0 Å². The van der Waals surface area contributed by atoms with Crippen molar-refractivity contribution in [3.05, 3.63) is 28.4 Å². The lowest BCUT2D eigenvalue weighted by Gasteiger charge is -2.35. The fraction of sp³-hybridized carbons (Fsp3) is 0.647. The first-order valence-corrected chi connectivity index (χ1v) is 8.45. The highest BCUT2D eigenvalue weighted by Gasteiger charge is 2.49. The molecule has 0 aliphatic carbocycles. The third kappa shape index (κ3) is 4.60. The van der Waals surface area contributed by atoms with E-state index in [4.69, 9.17) is 9.47 Å². The number of hydrogen-bond acceptors (Lipinski definition) is 7. The molecule has 1 aliphatic heterocycles. The summed E-state index contributed by atoms with van der Waals surface area (Å²) in [6, 6.07) is 2.62. The van der Waals surface area contributed by atoms with Crippen LogP contribution in [-0.2, 0) is 9.47 Å². The third-order valence-corrected chi connectivity index (χ3v) is 3.97. The number of anilines is 1. The van der Waals surface area contributed by atoms with E-state index in [0.717, 1.165) is 0 Å². The number of amides is 1. The van der Waals surface area contributed by atoms with Crippen molar-refractivity contribution < 1.29 is 19.2 Å². The van der Waals surface area contributed by atoms with E-state index in [-0.39, 0.29) is 17.8 Å². The Hall–Kier alpha value is -2.42. The van der Waals surface area contributed by atoms with Crippen LogP contribution in [-0.4, -0.2) is 50.9 Å². The Kier molecular flexibility index (Phi) is 5.41. The Morgan fingerprint density at radius 3 is 2.62 bits per heavy atom. The van der Waals surface area contributed by atoms with Crippen molar-refractivity contribution in [3.8, 4) is 0 Å². The SMILES string of the molecule is C[C@@H]1OC(C)(C)N(C(=O)OC(C)(C)C)[C@@H]1CNc1ccc([N+](=O)[O-])cn1. The van der Waals surface area contributed by atoms with E-state index >= 15 is 0 Å². The van der Waals surface area contributed by atoms with Crippen molar-refractivity contribution in [2.45, 2.75) is 65.0 Å². The van der Waals surface area contributed by atoms with Crippen LogP contribution in [0, 0.1) is 10.1 Å². The summed E-state index contributed by atoms with van der Waals surface area (Å²) in [7, 11) is 0. The predicted octanol–water partition coefficient (Wildman–Crippen LogP) is 3.16. The molecule has 2 rings (SSSR count). The molecule has 144 valence electrons. The lowest BCUT2D eigenvalue weighted by atomic mass is 10.1. The second-order valence-corrected chi connectivity index (χ2v) is 7.73. The molecule has 0 unspecified atom stereocenters. The van der Waals surface area contributed by atoms with Gasteiger partial charge in [-0.05, 0) is 47.6 Å². The summed E-state index contributed by atoms with van der Waals surface area (Å²) >= 11 is 0. The van der Waals surface area contributed by atoms with Crippen LogP contribution in [0.5, 0.6) is 0 Å². The van der Waals surface area contributed by atoms with Crippen molar-refractivity contribution in [1.29, 1.82) is 0 Å². The van der Waals surface area contributed by atoms with E-state index in [1.54, 1.807) is 4.90 Å². The van der Waals surface area contributed by atoms with Crippen LogP contribution in [0.2, 0.25) is 0 Å². The molecule has 1 aromatic heterocycles. The van der Waals surface area contributed by atoms with Crippen LogP contribution in [0.3, 0.4) is 0 Å². The number of nitrogens with zero attached hydrogens (tertiary/aromatic N) is 3. The summed E-state index contributed by atoms with van der Waals surface area (Å²) in [5, 5.41) is 13.8. The number of carbonyl (C=O) groups excluding carboxylic acids is 1. The van der Waals surface area contributed by atoms with Crippen molar-refractivity contribution in [3.63, 3.8) is 0 Å². The number of ether oxygens (including phenoxy) is 2. The van der Waals surface area contributed by atoms with E-state index in [1.807, 2.05) is 41.5 Å². The van der Waals surface area contributed by atoms with Crippen molar-refractivity contribution >= 4 is 17.6 Å². The molecule has 1 saturated heterocycles. The molecule has 2 atom stereocenters. The Labute approximate surface area is 152 Å². The summed E-state index contributed by atoms with van der Waals surface area (Å²) < 4.78 is 11.4. The molecule has 0 aromatic carbocycles. The number of carbonyl (C=O) groups is 1. The number of nitro groups is 1. The average molecular weight is 366 g/mol. The van der Waals surface area contributed by atoms with E-state index < -0.39 is 22.3 Å². The molecule has 0 saturated carbocycles. The van der Waals surface area contributed by atoms with E-state index in [9.17, 15) is 14.9 Å². The van der Waals surface area contributed by atoms with Gasteiger partial charge in [0.05, 0.1) is 17.1 Å². The zero-order chi connectivity index (χ0) is 19.7. The first kappa shape index (κ1) is 19.9. The molecule has 1 fully saturated rings. The van der Waals surface area contributed by atoms with Gasteiger partial charge in [-0.1, -0.05) is 0 Å².